The fourth-order valence-corrected chi connectivity index (χ4v) is 20.3. The average Bonchev–Trinajstić information content (AvgIpc) is 1.57. The molecule has 1 atom stereocenters. The fourth-order valence-electron chi connectivity index (χ4n) is 19.0. The van der Waals surface area contributed by atoms with Crippen LogP contribution in [-0.2, 0) is 6.42 Å². The molecule has 24 rings (SSSR count). The van der Waals surface area contributed by atoms with E-state index in [4.69, 9.17) is 0 Å². The second-order valence-corrected chi connectivity index (χ2v) is 31.6. The van der Waals surface area contributed by atoms with Crippen LogP contribution in [0.2, 0.25) is 0 Å². The number of aromatic nitrogens is 3. The van der Waals surface area contributed by atoms with Gasteiger partial charge in [-0.1, -0.05) is 309 Å². The minimum atomic E-state index is 0.184. The van der Waals surface area contributed by atoms with E-state index in [0.717, 1.165) is 17.8 Å². The summed E-state index contributed by atoms with van der Waals surface area (Å²) in [5.74, 6) is 0.184. The summed E-state index contributed by atoms with van der Waals surface area (Å²) in [5, 5.41) is 10.3. The maximum atomic E-state index is 2.48. The minimum Gasteiger partial charge on any atom is -0.309 e. The third kappa shape index (κ3) is 10.7. The first kappa shape index (κ1) is 65.5. The third-order valence-electron chi connectivity index (χ3n) is 24.2. The van der Waals surface area contributed by atoms with Crippen molar-refractivity contribution in [1.82, 2.24) is 13.7 Å². The highest BCUT2D eigenvalue weighted by molar-refractivity contribution is 7.26. The molecule has 0 saturated carbocycles. The van der Waals surface area contributed by atoms with Gasteiger partial charge in [-0.05, 0) is 226 Å². The molecule has 0 aliphatic heterocycles. The van der Waals surface area contributed by atoms with Gasteiger partial charge in [0.25, 0.3) is 0 Å². The van der Waals surface area contributed by atoms with Crippen LogP contribution in [-0.4, -0.2) is 13.7 Å². The Morgan fingerprint density at radius 1 is 0.219 bits per heavy atom. The summed E-state index contributed by atoms with van der Waals surface area (Å²) in [6.07, 6.45) is 0.969. The molecule has 2 aliphatic carbocycles. The van der Waals surface area contributed by atoms with Gasteiger partial charge in [-0.3, -0.25) is 0 Å². The summed E-state index contributed by atoms with van der Waals surface area (Å²) < 4.78 is 10.0. The van der Waals surface area contributed by atoms with Crippen LogP contribution in [0.25, 0.3) is 192 Å². The van der Waals surface area contributed by atoms with Gasteiger partial charge in [0.1, 0.15) is 0 Å². The zero-order valence-electron chi connectivity index (χ0n) is 62.3. The fraction of sp³-hybridized carbons (Fsp3) is 0.0182. The largest absolute Gasteiger partial charge is 0.309 e. The van der Waals surface area contributed by atoms with Crippen molar-refractivity contribution in [2.75, 3.05) is 0 Å². The second-order valence-electron chi connectivity index (χ2n) is 30.5. The van der Waals surface area contributed by atoms with Gasteiger partial charge >= 0.3 is 0 Å². The Balaban J connectivity index is 0.000000135. The van der Waals surface area contributed by atoms with Crippen LogP contribution in [0.5, 0.6) is 0 Å². The number of hydrogen-bond acceptors (Lipinski definition) is 1. The smallest absolute Gasteiger partial charge is 0.0555 e. The Kier molecular flexibility index (Phi) is 15.3. The minimum absolute atomic E-state index is 0.184. The van der Waals surface area contributed by atoms with Gasteiger partial charge in [-0.2, -0.15) is 0 Å². The molecule has 114 heavy (non-hydrogen) atoms. The summed E-state index contributed by atoms with van der Waals surface area (Å²) in [6.45, 7) is 0. The van der Waals surface area contributed by atoms with E-state index >= 15 is 0 Å². The number of thiophene rings is 1. The number of benzene rings is 18. The summed E-state index contributed by atoms with van der Waals surface area (Å²) in [4.78, 5) is 0. The third-order valence-corrected chi connectivity index (χ3v) is 25.4. The van der Waals surface area contributed by atoms with Gasteiger partial charge in [-0.15, -0.1) is 11.3 Å². The highest BCUT2D eigenvalue weighted by atomic mass is 32.1. The molecule has 22 aromatic rings. The average molecular weight is 1470 g/mol. The molecule has 0 N–H and O–H groups in total. The summed E-state index contributed by atoms with van der Waals surface area (Å²) >= 11 is 1.90. The molecule has 0 spiro atoms. The topological polar surface area (TPSA) is 14.8 Å². The Bertz CT molecular complexity index is 7620. The van der Waals surface area contributed by atoms with Crippen LogP contribution >= 0.6 is 11.3 Å². The van der Waals surface area contributed by atoms with Crippen LogP contribution < -0.4 is 0 Å². The number of fused-ring (bicyclic) bond motifs is 20. The van der Waals surface area contributed by atoms with E-state index in [1.807, 2.05) is 11.3 Å². The highest BCUT2D eigenvalue weighted by Gasteiger charge is 2.32. The molecule has 4 heterocycles. The lowest BCUT2D eigenvalue weighted by atomic mass is 9.87. The second kappa shape index (κ2) is 26.7. The molecule has 0 radical (unpaired) electrons. The van der Waals surface area contributed by atoms with Crippen molar-refractivity contribution < 1.29 is 0 Å². The van der Waals surface area contributed by atoms with E-state index in [0.29, 0.717) is 0 Å². The van der Waals surface area contributed by atoms with Gasteiger partial charge in [0.2, 0.25) is 0 Å². The van der Waals surface area contributed by atoms with E-state index in [2.05, 4.69) is 426 Å². The zero-order chi connectivity index (χ0) is 74.9. The van der Waals surface area contributed by atoms with Crippen LogP contribution in [0, 0.1) is 0 Å². The summed E-state index contributed by atoms with van der Waals surface area (Å²) in [6, 6.07) is 152. The normalized spacial score (nSPS) is 12.8. The van der Waals surface area contributed by atoms with Crippen LogP contribution in [0.1, 0.15) is 33.7 Å². The van der Waals surface area contributed by atoms with Gasteiger partial charge in [0, 0.05) is 75.5 Å². The molecule has 0 fully saturated rings. The molecule has 532 valence electrons. The first-order valence-electron chi connectivity index (χ1n) is 39.5. The highest BCUT2D eigenvalue weighted by Crippen LogP contribution is 2.52. The summed E-state index contributed by atoms with van der Waals surface area (Å²) in [5.41, 5.74) is 37.8. The lowest BCUT2D eigenvalue weighted by molar-refractivity contribution is 1.02. The predicted molar refractivity (Wildman–Crippen MR) is 482 cm³/mol. The first-order valence-corrected chi connectivity index (χ1v) is 40.3. The molecule has 2 aliphatic rings. The molecule has 18 aromatic carbocycles. The van der Waals surface area contributed by atoms with Crippen molar-refractivity contribution >= 4 is 96.9 Å². The summed E-state index contributed by atoms with van der Waals surface area (Å²) in [7, 11) is 0. The number of nitrogens with zero attached hydrogens (tertiary/aromatic N) is 3. The van der Waals surface area contributed by atoms with Gasteiger partial charge in [0.05, 0.1) is 33.1 Å². The lowest BCUT2D eigenvalue weighted by Gasteiger charge is -2.16. The molecule has 4 heteroatoms. The van der Waals surface area contributed by atoms with Gasteiger partial charge in [-0.25, -0.2) is 0 Å². The maximum absolute atomic E-state index is 2.48. The van der Waals surface area contributed by atoms with Gasteiger partial charge in [0.15, 0.2) is 0 Å². The standard InChI is InChI=1S/C56H37N.C54H34N2S/c1-3-13-36(14-4-1)38-18-11-20-43(31-38)54-48-24-10-9-23-47(48)50-34-40(25-28-49(50)54)41-26-29-52-51(35-41)56-53(30-27-44-32-42-17-7-8-22-46(42)55(44)56)57(52)45-21-12-19-39(33-45)37-15-5-2-6-16-37;1-3-13-35(14-4-1)37-17-11-19-41(31-37)55-48-23-9-7-21-43(48)46-33-39(25-28-49(46)55)40-26-29-50-47(34-40)53-51(30-27-45-44-22-8-10-24-52(44)57-54(45)53)56(50)42-20-12-18-38(32-42)36-15-5-2-6-16-36/h1-31,33-35,54H,32H2;1-34H. The maximum Gasteiger partial charge on any atom is 0.0555 e. The number of hydrogen-bond donors (Lipinski definition) is 0. The molecule has 4 aromatic heterocycles. The molecule has 0 saturated heterocycles. The Hall–Kier alpha value is -14.4. The first-order chi connectivity index (χ1) is 56.5. The van der Waals surface area contributed by atoms with Crippen molar-refractivity contribution in [3.8, 4) is 106 Å². The molecule has 1 unspecified atom stereocenters. The van der Waals surface area contributed by atoms with Gasteiger partial charge < -0.3 is 13.7 Å². The lowest BCUT2D eigenvalue weighted by Crippen LogP contribution is -1.99. The van der Waals surface area contributed by atoms with Crippen molar-refractivity contribution in [2.24, 2.45) is 0 Å². The number of para-hydroxylation sites is 1. The quantitative estimate of drug-likeness (QED) is 0.130. The van der Waals surface area contributed by atoms with Crippen molar-refractivity contribution in [3.05, 3.63) is 440 Å². The van der Waals surface area contributed by atoms with E-state index in [1.54, 1.807) is 0 Å². The van der Waals surface area contributed by atoms with Crippen molar-refractivity contribution in [2.45, 2.75) is 12.3 Å². The zero-order valence-corrected chi connectivity index (χ0v) is 63.1. The van der Waals surface area contributed by atoms with E-state index in [-0.39, 0.29) is 5.92 Å². The monoisotopic (exact) mass is 1470 g/mol. The molecule has 3 nitrogen and oxygen atoms in total. The molecule has 0 bridgehead atoms. The van der Waals surface area contributed by atoms with Crippen LogP contribution in [0.4, 0.5) is 0 Å². The van der Waals surface area contributed by atoms with E-state index < -0.39 is 0 Å². The van der Waals surface area contributed by atoms with E-state index in [9.17, 15) is 0 Å². The Labute approximate surface area is 664 Å². The Morgan fingerprint density at radius 2 is 0.632 bits per heavy atom. The predicted octanol–water partition coefficient (Wildman–Crippen LogP) is 29.8. The van der Waals surface area contributed by atoms with Crippen molar-refractivity contribution in [1.29, 1.82) is 0 Å². The SMILES string of the molecule is c1ccc(-c2cccc(-n3c4ccccc4c4cc(-c5ccc6c(c5)c5c7sc8ccccc8c7ccc5n6-c5cccc(-c6ccccc6)c5)ccc43)c2)cc1.c1ccc(-c2cccc(C3c4ccccc4-c4cc(-c5ccc6c(c5)c5c7c(ccc5n6-c5cccc(-c6ccccc6)c5)Cc5ccccc5-7)ccc43)c2)cc1. The molecule has 0 amide bonds. The van der Waals surface area contributed by atoms with Crippen LogP contribution in [0.3, 0.4) is 0 Å². The Morgan fingerprint density at radius 3 is 1.25 bits per heavy atom. The van der Waals surface area contributed by atoms with E-state index in [1.165, 1.54) is 208 Å². The molecular weight excluding hydrogens is 1400 g/mol. The number of rotatable bonds is 10. The van der Waals surface area contributed by atoms with Crippen molar-refractivity contribution in [3.63, 3.8) is 0 Å². The van der Waals surface area contributed by atoms with Crippen LogP contribution in [0.15, 0.2) is 413 Å². The molecular formula is C110H71N3S.